The van der Waals surface area contributed by atoms with Crippen molar-refractivity contribution in [3.05, 3.63) is 29.8 Å². The second-order valence-electron chi connectivity index (χ2n) is 12.0. The van der Waals surface area contributed by atoms with E-state index in [0.717, 1.165) is 0 Å². The van der Waals surface area contributed by atoms with Crippen molar-refractivity contribution in [2.75, 3.05) is 26.0 Å². The van der Waals surface area contributed by atoms with E-state index in [1.165, 1.54) is 19.0 Å². The number of hydrogen-bond donors (Lipinski definition) is 6. The number of anilines is 1. The van der Waals surface area contributed by atoms with Gasteiger partial charge in [0.15, 0.2) is 0 Å². The van der Waals surface area contributed by atoms with E-state index in [1.807, 2.05) is 27.7 Å². The van der Waals surface area contributed by atoms with E-state index in [2.05, 4.69) is 26.6 Å². The third-order valence-electron chi connectivity index (χ3n) is 6.90. The van der Waals surface area contributed by atoms with Crippen LogP contribution in [-0.2, 0) is 30.5 Å². The van der Waals surface area contributed by atoms with Crippen LogP contribution in [0.1, 0.15) is 66.4 Å². The number of ether oxygens (including phenoxy) is 1. The normalized spacial score (nSPS) is 13.0. The van der Waals surface area contributed by atoms with Gasteiger partial charge in [-0.25, -0.2) is 9.59 Å². The fourth-order valence-electron chi connectivity index (χ4n) is 4.54. The minimum absolute atomic E-state index is 0.0859. The smallest absolute Gasteiger partial charge is 0.410 e. The molecule has 252 valence electrons. The molecule has 14 heteroatoms. The first-order valence-corrected chi connectivity index (χ1v) is 15.2. The number of rotatable bonds is 17. The molecule has 0 spiro atoms. The summed E-state index contributed by atoms with van der Waals surface area (Å²) >= 11 is 0. The molecule has 0 fully saturated rings. The molecule has 1 rings (SSSR count). The van der Waals surface area contributed by atoms with Gasteiger partial charge in [0.1, 0.15) is 24.7 Å². The molecule has 0 aliphatic rings. The van der Waals surface area contributed by atoms with Crippen LogP contribution in [0.2, 0.25) is 0 Å². The predicted molar refractivity (Wildman–Crippen MR) is 171 cm³/mol. The van der Waals surface area contributed by atoms with Gasteiger partial charge in [-0.3, -0.25) is 24.1 Å². The summed E-state index contributed by atoms with van der Waals surface area (Å²) in [6, 6.07) is 3.52. The second kappa shape index (κ2) is 19.1. The number of nitrogens with two attached hydrogens (primary N) is 1. The van der Waals surface area contributed by atoms with Gasteiger partial charge < -0.3 is 37.1 Å². The summed E-state index contributed by atoms with van der Waals surface area (Å²) in [4.78, 5) is 75.7. The molecule has 1 aromatic carbocycles. The number of benzene rings is 1. The number of hydrogen-bond acceptors (Lipinski definition) is 7. The van der Waals surface area contributed by atoms with E-state index in [9.17, 15) is 28.8 Å². The highest BCUT2D eigenvalue weighted by molar-refractivity contribution is 5.97. The molecule has 0 saturated heterocycles. The Bertz CT molecular complexity index is 1160. The number of nitrogens with one attached hydrogen (secondary N) is 5. The Labute approximate surface area is 265 Å². The summed E-state index contributed by atoms with van der Waals surface area (Å²) < 4.78 is 5.45. The first kappa shape index (κ1) is 38.7. The molecule has 0 aromatic heterocycles. The number of carbonyl (C=O) groups is 6. The minimum Gasteiger partial charge on any atom is -0.445 e. The quantitative estimate of drug-likeness (QED) is 0.141. The molecule has 1 aromatic rings. The molecule has 45 heavy (non-hydrogen) atoms. The molecule has 1 unspecified atom stereocenters. The third-order valence-corrected chi connectivity index (χ3v) is 6.90. The molecule has 14 nitrogen and oxygen atoms in total. The van der Waals surface area contributed by atoms with Crippen molar-refractivity contribution in [2.45, 2.75) is 85.5 Å². The van der Waals surface area contributed by atoms with Gasteiger partial charge in [0.2, 0.25) is 23.6 Å². The van der Waals surface area contributed by atoms with E-state index in [1.54, 1.807) is 38.1 Å². The molecule has 0 saturated carbocycles. The summed E-state index contributed by atoms with van der Waals surface area (Å²) in [7, 11) is 2.96. The maximum atomic E-state index is 13.1. The van der Waals surface area contributed by atoms with Gasteiger partial charge in [-0.15, -0.1) is 0 Å². The van der Waals surface area contributed by atoms with Crippen molar-refractivity contribution in [3.8, 4) is 0 Å². The van der Waals surface area contributed by atoms with Crippen LogP contribution in [-0.4, -0.2) is 79.4 Å². The standard InChI is InChI=1S/C31H51N7O7/c1-18(2)16-24(39)36-23(10-9-15-34-30(32)43)27(40)35-22-13-11-21(12-14-22)17-45-31(44)38(8)26(20(5)6)29(42)37-25(19(3)4)28(41)33-7/h11-14,18-20,23,25-26H,9-10,15-17H2,1-8H3,(H,33,41)(H,35,40)(H,36,39)(H,37,42)(H3,32,34,43)/t23?,25-,26-/m1/s1. The van der Waals surface area contributed by atoms with Gasteiger partial charge in [0.25, 0.3) is 0 Å². The zero-order valence-electron chi connectivity index (χ0n) is 27.7. The predicted octanol–water partition coefficient (Wildman–Crippen LogP) is 2.08. The van der Waals surface area contributed by atoms with Crippen LogP contribution in [0, 0.1) is 17.8 Å². The number of urea groups is 1. The molecule has 0 radical (unpaired) electrons. The maximum Gasteiger partial charge on any atom is 0.410 e. The van der Waals surface area contributed by atoms with E-state index >= 15 is 0 Å². The highest BCUT2D eigenvalue weighted by Gasteiger charge is 2.34. The first-order valence-electron chi connectivity index (χ1n) is 15.2. The lowest BCUT2D eigenvalue weighted by Gasteiger charge is -2.31. The number of amides is 7. The van der Waals surface area contributed by atoms with Crippen molar-refractivity contribution in [2.24, 2.45) is 23.5 Å². The lowest BCUT2D eigenvalue weighted by Crippen LogP contribution is -2.56. The number of primary amides is 1. The molecule has 7 amide bonds. The zero-order valence-corrected chi connectivity index (χ0v) is 27.7. The van der Waals surface area contributed by atoms with Crippen LogP contribution < -0.4 is 32.3 Å². The fraction of sp³-hybridized carbons (Fsp3) is 0.613. The zero-order chi connectivity index (χ0) is 34.3. The van der Waals surface area contributed by atoms with E-state index < -0.39 is 42.1 Å². The van der Waals surface area contributed by atoms with Crippen molar-refractivity contribution in [1.29, 1.82) is 0 Å². The van der Waals surface area contributed by atoms with Crippen molar-refractivity contribution in [3.63, 3.8) is 0 Å². The number of carbonyl (C=O) groups excluding carboxylic acids is 6. The highest BCUT2D eigenvalue weighted by atomic mass is 16.6. The Hall–Kier alpha value is -4.36. The van der Waals surface area contributed by atoms with E-state index in [-0.39, 0.29) is 55.6 Å². The lowest BCUT2D eigenvalue weighted by molar-refractivity contribution is -0.133. The maximum absolute atomic E-state index is 13.1. The van der Waals surface area contributed by atoms with Gasteiger partial charge in [0.05, 0.1) is 0 Å². The van der Waals surface area contributed by atoms with Crippen LogP contribution in [0.4, 0.5) is 15.3 Å². The van der Waals surface area contributed by atoms with Crippen molar-refractivity contribution < 1.29 is 33.5 Å². The van der Waals surface area contributed by atoms with Gasteiger partial charge >= 0.3 is 12.1 Å². The van der Waals surface area contributed by atoms with Crippen LogP contribution in [0.25, 0.3) is 0 Å². The van der Waals surface area contributed by atoms with Crippen molar-refractivity contribution in [1.82, 2.24) is 26.2 Å². The van der Waals surface area contributed by atoms with Crippen LogP contribution in [0.15, 0.2) is 24.3 Å². The Morgan fingerprint density at radius 3 is 2.00 bits per heavy atom. The Morgan fingerprint density at radius 2 is 1.49 bits per heavy atom. The first-order chi connectivity index (χ1) is 21.1. The molecular weight excluding hydrogens is 582 g/mol. The Kier molecular flexibility index (Phi) is 16.4. The van der Waals surface area contributed by atoms with Crippen molar-refractivity contribution >= 4 is 41.4 Å². The van der Waals surface area contributed by atoms with E-state index in [0.29, 0.717) is 17.7 Å². The average molecular weight is 634 g/mol. The largest absolute Gasteiger partial charge is 0.445 e. The molecule has 7 N–H and O–H groups in total. The van der Waals surface area contributed by atoms with Gasteiger partial charge in [-0.2, -0.15) is 0 Å². The lowest BCUT2D eigenvalue weighted by atomic mass is 9.99. The molecule has 0 aliphatic carbocycles. The van der Waals surface area contributed by atoms with Crippen LogP contribution in [0.3, 0.4) is 0 Å². The van der Waals surface area contributed by atoms with E-state index in [4.69, 9.17) is 10.5 Å². The molecule has 0 heterocycles. The summed E-state index contributed by atoms with van der Waals surface area (Å²) in [5.74, 6) is -1.76. The number of nitrogens with zero attached hydrogens (tertiary/aromatic N) is 1. The Balaban J connectivity index is 2.83. The summed E-state index contributed by atoms with van der Waals surface area (Å²) in [5.41, 5.74) is 6.20. The molecule has 3 atom stereocenters. The Morgan fingerprint density at radius 1 is 0.867 bits per heavy atom. The SMILES string of the molecule is CNC(=O)[C@H](NC(=O)[C@@H](C(C)C)N(C)C(=O)OCc1ccc(NC(=O)C(CCCNC(N)=O)NC(=O)CC(C)C)cc1)C(C)C. The second-order valence-corrected chi connectivity index (χ2v) is 12.0. The number of likely N-dealkylation sites (N-methyl/N-ethyl adjacent to an activating group) is 2. The molecule has 0 bridgehead atoms. The fourth-order valence-corrected chi connectivity index (χ4v) is 4.54. The average Bonchev–Trinajstić information content (AvgIpc) is 2.95. The van der Waals surface area contributed by atoms with Crippen LogP contribution in [0.5, 0.6) is 0 Å². The van der Waals surface area contributed by atoms with Gasteiger partial charge in [-0.1, -0.05) is 53.7 Å². The topological polar surface area (TPSA) is 201 Å². The minimum atomic E-state index is -0.874. The summed E-state index contributed by atoms with van der Waals surface area (Å²) in [6.45, 7) is 11.2. The summed E-state index contributed by atoms with van der Waals surface area (Å²) in [5, 5.41) is 13.3. The summed E-state index contributed by atoms with van der Waals surface area (Å²) in [6.07, 6.45) is 0.265. The van der Waals surface area contributed by atoms with Gasteiger partial charge in [0, 0.05) is 32.7 Å². The monoisotopic (exact) mass is 633 g/mol. The molecular formula is C31H51N7O7. The van der Waals surface area contributed by atoms with Gasteiger partial charge in [-0.05, 0) is 48.3 Å². The third kappa shape index (κ3) is 13.9. The molecule has 0 aliphatic heterocycles. The highest BCUT2D eigenvalue weighted by Crippen LogP contribution is 2.16. The van der Waals surface area contributed by atoms with Crippen LogP contribution >= 0.6 is 0 Å².